The number of hydrogen-bond acceptors (Lipinski definition) is 2. The number of hydrogen-bond donors (Lipinski definition) is 1. The van der Waals surface area contributed by atoms with Crippen LogP contribution in [0.1, 0.15) is 12.0 Å². The third-order valence-electron chi connectivity index (χ3n) is 2.12. The highest BCUT2D eigenvalue weighted by atomic mass is 19.4. The summed E-state index contributed by atoms with van der Waals surface area (Å²) in [7, 11) is 1.44. The van der Waals surface area contributed by atoms with Gasteiger partial charge in [-0.05, 0) is 11.6 Å². The molecular weight excluding hydrogens is 221 g/mol. The van der Waals surface area contributed by atoms with Crippen molar-refractivity contribution >= 4 is 0 Å². The van der Waals surface area contributed by atoms with Gasteiger partial charge in [-0.2, -0.15) is 13.2 Å². The van der Waals surface area contributed by atoms with Gasteiger partial charge in [0.25, 0.3) is 0 Å². The van der Waals surface area contributed by atoms with E-state index in [0.717, 1.165) is 0 Å². The number of rotatable bonds is 4. The maximum Gasteiger partial charge on any atom is 0.391 e. The summed E-state index contributed by atoms with van der Waals surface area (Å²) in [5.74, 6) is 0.490. The Hall–Kier alpha value is -1.23. The normalized spacial score (nSPS) is 13.6. The van der Waals surface area contributed by atoms with Crippen molar-refractivity contribution < 1.29 is 23.0 Å². The summed E-state index contributed by atoms with van der Waals surface area (Å²) < 4.78 is 41.0. The molecule has 5 heteroatoms. The average Bonchev–Trinajstić information content (AvgIpc) is 2.15. The summed E-state index contributed by atoms with van der Waals surface area (Å²) in [4.78, 5) is 0. The molecule has 1 aromatic carbocycles. The first-order valence-electron chi connectivity index (χ1n) is 4.79. The smallest absolute Gasteiger partial charge is 0.391 e. The molecule has 0 bridgehead atoms. The molecule has 90 valence electrons. The van der Waals surface area contributed by atoms with Crippen LogP contribution in [0.4, 0.5) is 13.2 Å². The van der Waals surface area contributed by atoms with Crippen molar-refractivity contribution in [2.24, 2.45) is 0 Å². The first-order valence-corrected chi connectivity index (χ1v) is 4.79. The molecule has 0 aliphatic carbocycles. The second-order valence-corrected chi connectivity index (χ2v) is 3.49. The third-order valence-corrected chi connectivity index (χ3v) is 2.12. The zero-order chi connectivity index (χ0) is 12.2. The second-order valence-electron chi connectivity index (χ2n) is 3.49. The van der Waals surface area contributed by atoms with E-state index in [9.17, 15) is 18.3 Å². The van der Waals surface area contributed by atoms with Crippen molar-refractivity contribution in [2.45, 2.75) is 25.1 Å². The van der Waals surface area contributed by atoms with Crippen LogP contribution >= 0.6 is 0 Å². The number of methoxy groups -OCH3 is 1. The van der Waals surface area contributed by atoms with Crippen LogP contribution in [0.15, 0.2) is 24.3 Å². The number of para-hydroxylation sites is 1. The highest BCUT2D eigenvalue weighted by Gasteiger charge is 2.31. The summed E-state index contributed by atoms with van der Waals surface area (Å²) >= 11 is 0. The Morgan fingerprint density at radius 1 is 1.31 bits per heavy atom. The van der Waals surface area contributed by atoms with Gasteiger partial charge in [0.05, 0.1) is 19.6 Å². The van der Waals surface area contributed by atoms with Crippen LogP contribution in [-0.2, 0) is 6.42 Å². The number of alkyl halides is 3. The molecule has 0 heterocycles. The van der Waals surface area contributed by atoms with E-state index < -0.39 is 18.7 Å². The van der Waals surface area contributed by atoms with Gasteiger partial charge in [0, 0.05) is 6.42 Å². The topological polar surface area (TPSA) is 29.5 Å². The Bertz CT molecular complexity index is 336. The molecule has 0 aromatic heterocycles. The number of halogens is 3. The lowest BCUT2D eigenvalue weighted by Crippen LogP contribution is -2.21. The monoisotopic (exact) mass is 234 g/mol. The maximum absolute atomic E-state index is 12.0. The average molecular weight is 234 g/mol. The minimum absolute atomic E-state index is 0.0659. The molecule has 1 atom stereocenters. The Morgan fingerprint density at radius 3 is 2.50 bits per heavy atom. The quantitative estimate of drug-likeness (QED) is 0.867. The number of aliphatic hydroxyl groups excluding tert-OH is 1. The van der Waals surface area contributed by atoms with E-state index in [-0.39, 0.29) is 6.42 Å². The molecule has 0 spiro atoms. The number of aliphatic hydroxyl groups is 1. The van der Waals surface area contributed by atoms with Gasteiger partial charge in [0.2, 0.25) is 0 Å². The van der Waals surface area contributed by atoms with Crippen LogP contribution in [0.25, 0.3) is 0 Å². The fourth-order valence-corrected chi connectivity index (χ4v) is 1.46. The van der Waals surface area contributed by atoms with Crippen LogP contribution < -0.4 is 4.74 Å². The molecule has 0 aliphatic heterocycles. The summed E-state index contributed by atoms with van der Waals surface area (Å²) in [5.41, 5.74) is 0.571. The highest BCUT2D eigenvalue weighted by Crippen LogP contribution is 2.25. The SMILES string of the molecule is COc1ccccc1C[C@@H](O)CC(F)(F)F. The Balaban J connectivity index is 2.65. The zero-order valence-electron chi connectivity index (χ0n) is 8.79. The Labute approximate surface area is 91.7 Å². The molecule has 0 amide bonds. The van der Waals surface area contributed by atoms with Gasteiger partial charge in [-0.3, -0.25) is 0 Å². The van der Waals surface area contributed by atoms with Crippen molar-refractivity contribution in [1.29, 1.82) is 0 Å². The van der Waals surface area contributed by atoms with Gasteiger partial charge >= 0.3 is 6.18 Å². The Kier molecular flexibility index (Phi) is 4.18. The third kappa shape index (κ3) is 4.10. The maximum atomic E-state index is 12.0. The molecule has 2 nitrogen and oxygen atoms in total. The van der Waals surface area contributed by atoms with Crippen LogP contribution in [0, 0.1) is 0 Å². The summed E-state index contributed by atoms with van der Waals surface area (Å²) in [6.07, 6.45) is -7.05. The molecule has 16 heavy (non-hydrogen) atoms. The lowest BCUT2D eigenvalue weighted by atomic mass is 10.0. The minimum atomic E-state index is -4.35. The van der Waals surface area contributed by atoms with E-state index in [4.69, 9.17) is 4.74 Å². The molecule has 0 fully saturated rings. The number of benzene rings is 1. The first-order chi connectivity index (χ1) is 7.42. The van der Waals surface area contributed by atoms with E-state index in [1.54, 1.807) is 24.3 Å². The molecule has 1 N–H and O–H groups in total. The minimum Gasteiger partial charge on any atom is -0.496 e. The predicted octanol–water partition coefficient (Wildman–Crippen LogP) is 2.55. The molecule has 1 aromatic rings. The second kappa shape index (κ2) is 5.21. The molecule has 0 unspecified atom stereocenters. The van der Waals surface area contributed by atoms with Crippen LogP contribution in [0.2, 0.25) is 0 Å². The van der Waals surface area contributed by atoms with Gasteiger partial charge in [-0.25, -0.2) is 0 Å². The van der Waals surface area contributed by atoms with Gasteiger partial charge < -0.3 is 9.84 Å². The lowest BCUT2D eigenvalue weighted by molar-refractivity contribution is -0.153. The van der Waals surface area contributed by atoms with Gasteiger partial charge in [0.15, 0.2) is 0 Å². The molecular formula is C11H13F3O2. The van der Waals surface area contributed by atoms with Crippen LogP contribution in [0.5, 0.6) is 5.75 Å². The van der Waals surface area contributed by atoms with E-state index in [1.807, 2.05) is 0 Å². The molecule has 0 saturated heterocycles. The number of ether oxygens (including phenoxy) is 1. The van der Waals surface area contributed by atoms with Gasteiger partial charge in [-0.15, -0.1) is 0 Å². The van der Waals surface area contributed by atoms with Gasteiger partial charge in [-0.1, -0.05) is 18.2 Å². The van der Waals surface area contributed by atoms with E-state index in [0.29, 0.717) is 11.3 Å². The van der Waals surface area contributed by atoms with Crippen LogP contribution in [-0.4, -0.2) is 24.5 Å². The van der Waals surface area contributed by atoms with Crippen molar-refractivity contribution in [1.82, 2.24) is 0 Å². The van der Waals surface area contributed by atoms with E-state index in [1.165, 1.54) is 7.11 Å². The fraction of sp³-hybridized carbons (Fsp3) is 0.455. The van der Waals surface area contributed by atoms with Gasteiger partial charge in [0.1, 0.15) is 5.75 Å². The summed E-state index contributed by atoms with van der Waals surface area (Å²) in [6.45, 7) is 0. The summed E-state index contributed by atoms with van der Waals surface area (Å²) in [5, 5.41) is 9.28. The highest BCUT2D eigenvalue weighted by molar-refractivity contribution is 5.33. The molecule has 1 rings (SSSR count). The molecule has 0 radical (unpaired) electrons. The van der Waals surface area contributed by atoms with Crippen molar-refractivity contribution in [3.05, 3.63) is 29.8 Å². The molecule has 0 aliphatic rings. The summed E-state index contributed by atoms with van der Waals surface area (Å²) in [6, 6.07) is 6.70. The standard InChI is InChI=1S/C11H13F3O2/c1-16-10-5-3-2-4-8(10)6-9(15)7-11(12,13)14/h2-5,9,15H,6-7H2,1H3/t9-/m1/s1. The van der Waals surface area contributed by atoms with Crippen molar-refractivity contribution in [3.8, 4) is 5.75 Å². The Morgan fingerprint density at radius 2 is 1.94 bits per heavy atom. The van der Waals surface area contributed by atoms with Crippen molar-refractivity contribution in [3.63, 3.8) is 0 Å². The fourth-order valence-electron chi connectivity index (χ4n) is 1.46. The van der Waals surface area contributed by atoms with E-state index >= 15 is 0 Å². The van der Waals surface area contributed by atoms with E-state index in [2.05, 4.69) is 0 Å². The largest absolute Gasteiger partial charge is 0.496 e. The van der Waals surface area contributed by atoms with Crippen LogP contribution in [0.3, 0.4) is 0 Å². The predicted molar refractivity (Wildman–Crippen MR) is 53.4 cm³/mol. The molecule has 0 saturated carbocycles. The zero-order valence-corrected chi connectivity index (χ0v) is 8.79. The first kappa shape index (κ1) is 12.8. The van der Waals surface area contributed by atoms with Crippen molar-refractivity contribution in [2.75, 3.05) is 7.11 Å². The lowest BCUT2D eigenvalue weighted by Gasteiger charge is -2.14.